The number of unbranched alkanes of at least 4 members (excludes halogenated alkanes) is 2. The predicted octanol–water partition coefficient (Wildman–Crippen LogP) is 10.2. The summed E-state index contributed by atoms with van der Waals surface area (Å²) in [5.74, 6) is 5.01. The molecule has 4 rings (SSSR count). The van der Waals surface area contributed by atoms with E-state index in [1.54, 1.807) is 18.1 Å². The molecule has 1 unspecified atom stereocenters. The van der Waals surface area contributed by atoms with Gasteiger partial charge in [-0.3, -0.25) is 0 Å². The topological polar surface area (TPSA) is 46.5 Å². The number of benzene rings is 1. The first-order valence-electron chi connectivity index (χ1n) is 18.0. The van der Waals surface area contributed by atoms with Gasteiger partial charge in [0.1, 0.15) is 0 Å². The Morgan fingerprint density at radius 2 is 1.45 bits per heavy atom. The minimum Gasteiger partial charge on any atom is -0.462 e. The standard InChI is InChI=1S/C39H62O3/c1-4-5-6-7-30-10-16-33(17-11-30)34-18-12-31(13-19-34)8-9-32-14-20-35(21-15-32)36-22-24-37(25-23-36)38(26-27-40)28-42-39(41)29(2)3/h12-13,18-19,30,32-33,35-38,40H,2,4-11,14-17,20-28H2,1,3H3. The molecular weight excluding hydrogens is 516 g/mol. The van der Waals surface area contributed by atoms with Crippen LogP contribution in [0.1, 0.15) is 146 Å². The second-order valence-electron chi connectivity index (χ2n) is 14.6. The third kappa shape index (κ3) is 10.2. The van der Waals surface area contributed by atoms with Crippen molar-refractivity contribution >= 4 is 5.97 Å². The summed E-state index contributed by atoms with van der Waals surface area (Å²) in [6, 6.07) is 9.80. The van der Waals surface area contributed by atoms with E-state index in [0.29, 0.717) is 18.1 Å². The molecule has 42 heavy (non-hydrogen) atoms. The van der Waals surface area contributed by atoms with Crippen LogP contribution in [-0.2, 0) is 16.0 Å². The number of hydrogen-bond donors (Lipinski definition) is 1. The van der Waals surface area contributed by atoms with Crippen LogP contribution in [0, 0.1) is 35.5 Å². The summed E-state index contributed by atoms with van der Waals surface area (Å²) in [5.41, 5.74) is 3.59. The molecular formula is C39H62O3. The number of esters is 1. The molecule has 3 nitrogen and oxygen atoms in total. The molecule has 0 saturated heterocycles. The zero-order valence-corrected chi connectivity index (χ0v) is 27.2. The molecule has 0 amide bonds. The largest absolute Gasteiger partial charge is 0.462 e. The minimum atomic E-state index is -0.300. The molecule has 3 fully saturated rings. The number of carbonyl (C=O) groups is 1. The van der Waals surface area contributed by atoms with Gasteiger partial charge in [-0.1, -0.05) is 76.3 Å². The van der Waals surface area contributed by atoms with E-state index in [1.807, 2.05) is 0 Å². The monoisotopic (exact) mass is 578 g/mol. The maximum atomic E-state index is 11.9. The van der Waals surface area contributed by atoms with Crippen LogP contribution in [0.2, 0.25) is 0 Å². The van der Waals surface area contributed by atoms with Gasteiger partial charge in [0.05, 0.1) is 6.61 Å². The van der Waals surface area contributed by atoms with Crippen molar-refractivity contribution in [2.75, 3.05) is 13.2 Å². The van der Waals surface area contributed by atoms with Crippen LogP contribution in [0.3, 0.4) is 0 Å². The van der Waals surface area contributed by atoms with Crippen LogP contribution >= 0.6 is 0 Å². The van der Waals surface area contributed by atoms with Gasteiger partial charge in [-0.25, -0.2) is 4.79 Å². The fraction of sp³-hybridized carbons (Fsp3) is 0.769. The molecule has 0 heterocycles. The molecule has 1 atom stereocenters. The van der Waals surface area contributed by atoms with E-state index in [9.17, 15) is 9.90 Å². The average Bonchev–Trinajstić information content (AvgIpc) is 3.03. The predicted molar refractivity (Wildman–Crippen MR) is 175 cm³/mol. The molecule has 0 radical (unpaired) electrons. The fourth-order valence-electron chi connectivity index (χ4n) is 8.76. The number of rotatable bonds is 15. The normalized spacial score (nSPS) is 29.1. The van der Waals surface area contributed by atoms with Gasteiger partial charge in [-0.2, -0.15) is 0 Å². The summed E-state index contributed by atoms with van der Waals surface area (Å²) in [4.78, 5) is 11.9. The van der Waals surface area contributed by atoms with Crippen molar-refractivity contribution in [3.63, 3.8) is 0 Å². The van der Waals surface area contributed by atoms with Gasteiger partial charge >= 0.3 is 5.97 Å². The molecule has 236 valence electrons. The summed E-state index contributed by atoms with van der Waals surface area (Å²) in [7, 11) is 0. The van der Waals surface area contributed by atoms with Crippen molar-refractivity contribution in [3.05, 3.63) is 47.5 Å². The van der Waals surface area contributed by atoms with Crippen LogP contribution in [0.4, 0.5) is 0 Å². The average molecular weight is 579 g/mol. The van der Waals surface area contributed by atoms with Gasteiger partial charge in [-0.15, -0.1) is 0 Å². The van der Waals surface area contributed by atoms with E-state index in [1.165, 1.54) is 116 Å². The van der Waals surface area contributed by atoms with E-state index >= 15 is 0 Å². The molecule has 3 aliphatic rings. The molecule has 0 bridgehead atoms. The quantitative estimate of drug-likeness (QED) is 0.128. The van der Waals surface area contributed by atoms with Crippen LogP contribution in [-0.4, -0.2) is 24.3 Å². The third-order valence-corrected chi connectivity index (χ3v) is 11.7. The summed E-state index contributed by atoms with van der Waals surface area (Å²) >= 11 is 0. The highest BCUT2D eigenvalue weighted by Crippen LogP contribution is 2.44. The molecule has 1 aromatic rings. The summed E-state index contributed by atoms with van der Waals surface area (Å²) in [5, 5.41) is 9.58. The Kier molecular flexibility index (Phi) is 14.0. The van der Waals surface area contributed by atoms with Crippen molar-refractivity contribution in [2.45, 2.75) is 142 Å². The lowest BCUT2D eigenvalue weighted by molar-refractivity contribution is -0.141. The third-order valence-electron chi connectivity index (χ3n) is 11.7. The zero-order valence-electron chi connectivity index (χ0n) is 27.2. The van der Waals surface area contributed by atoms with Crippen LogP contribution in [0.5, 0.6) is 0 Å². The Balaban J connectivity index is 1.12. The maximum Gasteiger partial charge on any atom is 0.333 e. The minimum absolute atomic E-state index is 0.170. The van der Waals surface area contributed by atoms with Gasteiger partial charge in [0.2, 0.25) is 0 Å². The smallest absolute Gasteiger partial charge is 0.333 e. The lowest BCUT2D eigenvalue weighted by atomic mass is 9.67. The molecule has 3 aliphatic carbocycles. The Morgan fingerprint density at radius 1 is 0.857 bits per heavy atom. The molecule has 0 spiro atoms. The van der Waals surface area contributed by atoms with Crippen molar-refractivity contribution < 1.29 is 14.6 Å². The summed E-state index contributed by atoms with van der Waals surface area (Å²) < 4.78 is 5.48. The van der Waals surface area contributed by atoms with E-state index in [0.717, 1.165) is 36.0 Å². The second kappa shape index (κ2) is 17.6. The second-order valence-corrected chi connectivity index (χ2v) is 14.6. The number of ether oxygens (including phenoxy) is 1. The van der Waals surface area contributed by atoms with Crippen LogP contribution < -0.4 is 0 Å². The summed E-state index contributed by atoms with van der Waals surface area (Å²) in [6.45, 7) is 8.29. The molecule has 0 aliphatic heterocycles. The lowest BCUT2D eigenvalue weighted by Crippen LogP contribution is -2.30. The number of hydrogen-bond acceptors (Lipinski definition) is 3. The molecule has 3 saturated carbocycles. The van der Waals surface area contributed by atoms with Gasteiger partial charge < -0.3 is 9.84 Å². The van der Waals surface area contributed by atoms with Gasteiger partial charge in [-0.05, 0) is 143 Å². The number of aliphatic hydroxyl groups is 1. The number of aryl methyl sites for hydroxylation is 1. The Morgan fingerprint density at radius 3 is 2.05 bits per heavy atom. The highest BCUT2D eigenvalue weighted by atomic mass is 16.5. The Bertz CT molecular complexity index is 911. The molecule has 1 N–H and O–H groups in total. The number of carbonyl (C=O) groups excluding carboxylic acids is 1. The first-order valence-corrected chi connectivity index (χ1v) is 18.0. The summed E-state index contributed by atoms with van der Waals surface area (Å²) in [6.07, 6.45) is 25.4. The maximum absolute atomic E-state index is 11.9. The van der Waals surface area contributed by atoms with Gasteiger partial charge in [0.25, 0.3) is 0 Å². The highest BCUT2D eigenvalue weighted by molar-refractivity contribution is 5.86. The first kappa shape index (κ1) is 33.3. The Hall–Kier alpha value is -1.61. The van der Waals surface area contributed by atoms with Crippen molar-refractivity contribution in [3.8, 4) is 0 Å². The van der Waals surface area contributed by atoms with Crippen molar-refractivity contribution in [1.29, 1.82) is 0 Å². The van der Waals surface area contributed by atoms with E-state index in [4.69, 9.17) is 4.74 Å². The van der Waals surface area contributed by atoms with E-state index in [2.05, 4.69) is 37.8 Å². The lowest BCUT2D eigenvalue weighted by Gasteiger charge is -2.39. The number of aliphatic hydroxyl groups excluding tert-OH is 1. The zero-order chi connectivity index (χ0) is 29.7. The van der Waals surface area contributed by atoms with E-state index in [-0.39, 0.29) is 18.5 Å². The van der Waals surface area contributed by atoms with Gasteiger partial charge in [0.15, 0.2) is 0 Å². The van der Waals surface area contributed by atoms with Gasteiger partial charge in [0, 0.05) is 12.2 Å². The van der Waals surface area contributed by atoms with Crippen molar-refractivity contribution in [1.82, 2.24) is 0 Å². The molecule has 0 aromatic heterocycles. The van der Waals surface area contributed by atoms with E-state index < -0.39 is 0 Å². The molecule has 3 heteroatoms. The van der Waals surface area contributed by atoms with Crippen LogP contribution in [0.15, 0.2) is 36.4 Å². The first-order chi connectivity index (χ1) is 20.5. The highest BCUT2D eigenvalue weighted by Gasteiger charge is 2.33. The Labute approximate surface area is 258 Å². The molecule has 1 aromatic carbocycles. The van der Waals surface area contributed by atoms with Crippen LogP contribution in [0.25, 0.3) is 0 Å². The van der Waals surface area contributed by atoms with Crippen molar-refractivity contribution in [2.24, 2.45) is 35.5 Å². The fourth-order valence-corrected chi connectivity index (χ4v) is 8.76. The SMILES string of the molecule is C=C(C)C(=O)OCC(CCO)C1CCC(C2CCC(CCc3ccc(C4CCC(CCCCC)CC4)cc3)CC2)CC1.